The van der Waals surface area contributed by atoms with Crippen molar-refractivity contribution in [3.8, 4) is 5.75 Å². The highest BCUT2D eigenvalue weighted by molar-refractivity contribution is 7.92. The number of anilines is 1. The van der Waals surface area contributed by atoms with Gasteiger partial charge in [-0.15, -0.1) is 0 Å². The number of hydrogen-bond acceptors (Lipinski definition) is 4. The van der Waals surface area contributed by atoms with Gasteiger partial charge in [-0.25, -0.2) is 12.8 Å². The third-order valence-corrected chi connectivity index (χ3v) is 7.39. The normalized spacial score (nSPS) is 18.2. The monoisotopic (exact) mass is 462 g/mol. The number of nitrogens with one attached hydrogen (secondary N) is 1. The molecule has 6 nitrogen and oxygen atoms in total. The van der Waals surface area contributed by atoms with Gasteiger partial charge in [-0.1, -0.05) is 51.1 Å². The third-order valence-electron chi connectivity index (χ3n) is 6.22. The van der Waals surface area contributed by atoms with Crippen LogP contribution in [0.3, 0.4) is 0 Å². The molecule has 0 saturated heterocycles. The minimum atomic E-state index is -3.92. The van der Waals surface area contributed by atoms with Crippen molar-refractivity contribution in [1.82, 2.24) is 5.32 Å². The minimum Gasteiger partial charge on any atom is -0.487 e. The first-order valence-electron chi connectivity index (χ1n) is 11.0. The molecule has 1 amide bonds. The van der Waals surface area contributed by atoms with Crippen LogP contribution in [-0.4, -0.2) is 32.2 Å². The van der Waals surface area contributed by atoms with Gasteiger partial charge in [0.05, 0.1) is 18.0 Å². The number of sulfonamides is 1. The smallest absolute Gasteiger partial charge is 0.244 e. The quantitative estimate of drug-likeness (QED) is 0.624. The molecular formula is C24H31FN2O4S. The maximum atomic E-state index is 14.5. The van der Waals surface area contributed by atoms with Crippen molar-refractivity contribution in [2.75, 3.05) is 10.6 Å². The van der Waals surface area contributed by atoms with Crippen LogP contribution >= 0.6 is 0 Å². The van der Waals surface area contributed by atoms with Crippen molar-refractivity contribution in [3.63, 3.8) is 0 Å². The van der Waals surface area contributed by atoms with E-state index in [1.807, 2.05) is 24.3 Å². The van der Waals surface area contributed by atoms with Crippen molar-refractivity contribution in [2.24, 2.45) is 0 Å². The van der Waals surface area contributed by atoms with Crippen LogP contribution in [0.5, 0.6) is 5.75 Å². The fourth-order valence-electron chi connectivity index (χ4n) is 4.36. The van der Waals surface area contributed by atoms with Crippen molar-refractivity contribution in [3.05, 3.63) is 59.9 Å². The first kappa shape index (κ1) is 24.0. The SMILES string of the molecule is CC[C@H](C(=O)N[C@H]1CC(CC)(CC)Oc2ccccc21)N(c1ccccc1F)S(C)(=O)=O. The Balaban J connectivity index is 1.97. The average molecular weight is 463 g/mol. The molecule has 0 saturated carbocycles. The molecule has 1 aliphatic rings. The molecule has 1 aliphatic heterocycles. The number of amides is 1. The van der Waals surface area contributed by atoms with Crippen molar-refractivity contribution < 1.29 is 22.3 Å². The first-order valence-corrected chi connectivity index (χ1v) is 12.8. The van der Waals surface area contributed by atoms with E-state index in [2.05, 4.69) is 19.2 Å². The molecule has 0 spiro atoms. The van der Waals surface area contributed by atoms with Gasteiger partial charge < -0.3 is 10.1 Å². The number of hydrogen-bond donors (Lipinski definition) is 1. The van der Waals surface area contributed by atoms with E-state index in [-0.39, 0.29) is 18.2 Å². The zero-order chi connectivity index (χ0) is 23.5. The van der Waals surface area contributed by atoms with Gasteiger partial charge in [-0.05, 0) is 37.5 Å². The zero-order valence-corrected chi connectivity index (χ0v) is 19.8. The molecule has 3 rings (SSSR count). The molecule has 2 aromatic rings. The largest absolute Gasteiger partial charge is 0.487 e. The van der Waals surface area contributed by atoms with Crippen LogP contribution in [0.4, 0.5) is 10.1 Å². The van der Waals surface area contributed by atoms with Gasteiger partial charge in [-0.3, -0.25) is 9.10 Å². The molecular weight excluding hydrogens is 431 g/mol. The second-order valence-electron chi connectivity index (χ2n) is 8.23. The molecule has 1 N–H and O–H groups in total. The number of halogens is 1. The van der Waals surface area contributed by atoms with E-state index in [1.54, 1.807) is 13.0 Å². The summed E-state index contributed by atoms with van der Waals surface area (Å²) in [6, 6.07) is 11.7. The molecule has 0 aliphatic carbocycles. The average Bonchev–Trinajstić information content (AvgIpc) is 2.77. The number of nitrogens with zero attached hydrogens (tertiary/aromatic N) is 1. The van der Waals surface area contributed by atoms with Crippen LogP contribution in [0, 0.1) is 5.82 Å². The highest BCUT2D eigenvalue weighted by Gasteiger charge is 2.41. The molecule has 2 aromatic carbocycles. The number of ether oxygens (including phenoxy) is 1. The first-order chi connectivity index (χ1) is 15.2. The number of para-hydroxylation sites is 2. The third kappa shape index (κ3) is 4.75. The second kappa shape index (κ2) is 9.48. The van der Waals surface area contributed by atoms with Crippen LogP contribution < -0.4 is 14.4 Å². The van der Waals surface area contributed by atoms with Crippen molar-refractivity contribution >= 4 is 21.6 Å². The van der Waals surface area contributed by atoms with Crippen LogP contribution in [0.25, 0.3) is 0 Å². The summed E-state index contributed by atoms with van der Waals surface area (Å²) in [6.45, 7) is 5.81. The fraction of sp³-hybridized carbons (Fsp3) is 0.458. The van der Waals surface area contributed by atoms with Crippen LogP contribution in [-0.2, 0) is 14.8 Å². The summed E-state index contributed by atoms with van der Waals surface area (Å²) >= 11 is 0. The lowest BCUT2D eigenvalue weighted by molar-refractivity contribution is -0.123. The van der Waals surface area contributed by atoms with E-state index in [0.717, 1.165) is 34.7 Å². The molecule has 0 fully saturated rings. The summed E-state index contributed by atoms with van der Waals surface area (Å²) < 4.78 is 47.0. The van der Waals surface area contributed by atoms with Crippen LogP contribution in [0.1, 0.15) is 58.1 Å². The Bertz CT molecular complexity index is 1070. The number of carbonyl (C=O) groups is 1. The lowest BCUT2D eigenvalue weighted by atomic mass is 9.83. The van der Waals surface area contributed by atoms with E-state index in [0.29, 0.717) is 6.42 Å². The van der Waals surface area contributed by atoms with E-state index in [9.17, 15) is 17.6 Å². The number of fused-ring (bicyclic) bond motifs is 1. The fourth-order valence-corrected chi connectivity index (χ4v) is 5.58. The Hall–Kier alpha value is -2.61. The molecule has 1 heterocycles. The van der Waals surface area contributed by atoms with E-state index < -0.39 is 33.4 Å². The summed E-state index contributed by atoms with van der Waals surface area (Å²) in [4.78, 5) is 13.4. The van der Waals surface area contributed by atoms with Gasteiger partial charge >= 0.3 is 0 Å². The van der Waals surface area contributed by atoms with E-state index >= 15 is 0 Å². The van der Waals surface area contributed by atoms with Gasteiger partial charge in [0.15, 0.2) is 0 Å². The highest BCUT2D eigenvalue weighted by Crippen LogP contribution is 2.42. The molecule has 2 atom stereocenters. The number of carbonyl (C=O) groups excluding carboxylic acids is 1. The van der Waals surface area contributed by atoms with E-state index in [4.69, 9.17) is 4.74 Å². The maximum absolute atomic E-state index is 14.5. The highest BCUT2D eigenvalue weighted by atomic mass is 32.2. The predicted octanol–water partition coefficient (Wildman–Crippen LogP) is 4.57. The Morgan fingerprint density at radius 1 is 1.16 bits per heavy atom. The molecule has 8 heteroatoms. The van der Waals surface area contributed by atoms with Gasteiger partial charge in [0, 0.05) is 12.0 Å². The van der Waals surface area contributed by atoms with Crippen molar-refractivity contribution in [2.45, 2.75) is 64.1 Å². The summed E-state index contributed by atoms with van der Waals surface area (Å²) in [6.07, 6.45) is 3.28. The predicted molar refractivity (Wildman–Crippen MR) is 124 cm³/mol. The summed E-state index contributed by atoms with van der Waals surface area (Å²) in [5, 5.41) is 3.04. The maximum Gasteiger partial charge on any atom is 0.244 e. The Labute approximate surface area is 189 Å². The van der Waals surface area contributed by atoms with Crippen LogP contribution in [0.2, 0.25) is 0 Å². The Kier molecular flexibility index (Phi) is 7.12. The summed E-state index contributed by atoms with van der Waals surface area (Å²) in [5.74, 6) is -0.449. The van der Waals surface area contributed by atoms with Gasteiger partial charge in [0.2, 0.25) is 15.9 Å². The van der Waals surface area contributed by atoms with Crippen LogP contribution in [0.15, 0.2) is 48.5 Å². The lowest BCUT2D eigenvalue weighted by Gasteiger charge is -2.42. The molecule has 0 unspecified atom stereocenters. The topological polar surface area (TPSA) is 75.7 Å². The van der Waals surface area contributed by atoms with Gasteiger partial charge in [-0.2, -0.15) is 0 Å². The second-order valence-corrected chi connectivity index (χ2v) is 10.1. The Morgan fingerprint density at radius 3 is 2.38 bits per heavy atom. The molecule has 174 valence electrons. The summed E-state index contributed by atoms with van der Waals surface area (Å²) in [7, 11) is -3.92. The van der Waals surface area contributed by atoms with Gasteiger partial charge in [0.25, 0.3) is 0 Å². The lowest BCUT2D eigenvalue weighted by Crippen LogP contribution is -2.52. The number of benzene rings is 2. The van der Waals surface area contributed by atoms with Crippen molar-refractivity contribution in [1.29, 1.82) is 0 Å². The molecule has 0 aromatic heterocycles. The summed E-state index contributed by atoms with van der Waals surface area (Å²) in [5.41, 5.74) is 0.293. The Morgan fingerprint density at radius 2 is 1.78 bits per heavy atom. The standard InChI is InChI=1S/C24H31FN2O4S/c1-5-20(27(32(4,29)30)21-14-10-9-13-18(21)25)23(28)26-19-16-24(6-2,7-3)31-22-15-11-8-12-17(19)22/h8-15,19-20H,5-7,16H2,1-4H3,(H,26,28)/t19-,20+/m0/s1. The van der Waals surface area contributed by atoms with Gasteiger partial charge in [0.1, 0.15) is 23.2 Å². The molecule has 0 bridgehead atoms. The zero-order valence-electron chi connectivity index (χ0n) is 19.0. The molecule has 32 heavy (non-hydrogen) atoms. The minimum absolute atomic E-state index is 0.138. The molecule has 0 radical (unpaired) electrons. The van der Waals surface area contributed by atoms with E-state index in [1.165, 1.54) is 18.2 Å². The number of rotatable bonds is 8.